The van der Waals surface area contributed by atoms with E-state index in [9.17, 15) is 4.79 Å². The van der Waals surface area contributed by atoms with Crippen LogP contribution in [0.25, 0.3) is 11.5 Å². The molecule has 4 aromatic rings. The summed E-state index contributed by atoms with van der Waals surface area (Å²) in [6, 6.07) is 21.8. The van der Waals surface area contributed by atoms with Crippen LogP contribution in [0.3, 0.4) is 0 Å². The van der Waals surface area contributed by atoms with Gasteiger partial charge in [-0.2, -0.15) is 5.10 Å². The van der Waals surface area contributed by atoms with E-state index in [1.54, 1.807) is 7.11 Å². The van der Waals surface area contributed by atoms with Gasteiger partial charge in [0.25, 0.3) is 0 Å². The van der Waals surface area contributed by atoms with E-state index < -0.39 is 0 Å². The van der Waals surface area contributed by atoms with Crippen molar-refractivity contribution in [2.24, 2.45) is 0 Å². The largest absolute Gasteiger partial charge is 0.497 e. The average molecular weight is 456 g/mol. The molecule has 7 nitrogen and oxygen atoms in total. The Bertz CT molecular complexity index is 1310. The van der Waals surface area contributed by atoms with Gasteiger partial charge in [0.2, 0.25) is 0 Å². The van der Waals surface area contributed by atoms with Crippen molar-refractivity contribution >= 4 is 6.03 Å². The van der Waals surface area contributed by atoms with Crippen LogP contribution in [0.4, 0.5) is 4.79 Å². The lowest BCUT2D eigenvalue weighted by molar-refractivity contribution is 0.180. The lowest BCUT2D eigenvalue weighted by atomic mass is 10.0. The number of nitrogens with zero attached hydrogens (tertiary/aromatic N) is 4. The molecule has 0 radical (unpaired) electrons. The molecule has 0 bridgehead atoms. The normalized spacial score (nSPS) is 14.8. The van der Waals surface area contributed by atoms with Crippen LogP contribution < -0.4 is 10.1 Å². The molecule has 2 aromatic heterocycles. The van der Waals surface area contributed by atoms with Gasteiger partial charge in [0.05, 0.1) is 36.8 Å². The van der Waals surface area contributed by atoms with Gasteiger partial charge in [-0.15, -0.1) is 0 Å². The second-order valence-corrected chi connectivity index (χ2v) is 8.48. The predicted molar refractivity (Wildman–Crippen MR) is 132 cm³/mol. The SMILES string of the molecule is CCCNC(=O)N1Cc2c(C)nn(-c3ccccc3)c2-n2cccc2C1c1cccc(OC)c1. The summed E-state index contributed by atoms with van der Waals surface area (Å²) >= 11 is 0. The molecular weight excluding hydrogens is 426 g/mol. The molecule has 1 atom stereocenters. The molecule has 2 amide bonds. The van der Waals surface area contributed by atoms with Crippen LogP contribution in [-0.4, -0.2) is 38.9 Å². The Morgan fingerprint density at radius 2 is 1.94 bits per heavy atom. The van der Waals surface area contributed by atoms with Crippen molar-refractivity contribution < 1.29 is 9.53 Å². The fourth-order valence-electron chi connectivity index (χ4n) is 4.65. The molecule has 1 aliphatic heterocycles. The number of hydrogen-bond donors (Lipinski definition) is 1. The fourth-order valence-corrected chi connectivity index (χ4v) is 4.65. The molecule has 0 aliphatic carbocycles. The van der Waals surface area contributed by atoms with E-state index in [1.165, 1.54) is 0 Å². The number of aryl methyl sites for hydroxylation is 1. The van der Waals surface area contributed by atoms with Crippen LogP contribution in [0.2, 0.25) is 0 Å². The maximum absolute atomic E-state index is 13.5. The predicted octanol–water partition coefficient (Wildman–Crippen LogP) is 5.00. The van der Waals surface area contributed by atoms with Gasteiger partial charge in [0, 0.05) is 18.3 Å². The Balaban J connectivity index is 1.73. The summed E-state index contributed by atoms with van der Waals surface area (Å²) in [5, 5.41) is 7.97. The molecule has 0 fully saturated rings. The third kappa shape index (κ3) is 3.73. The molecule has 2 aromatic carbocycles. The first-order chi connectivity index (χ1) is 16.6. The van der Waals surface area contributed by atoms with Gasteiger partial charge in [0.1, 0.15) is 11.6 Å². The smallest absolute Gasteiger partial charge is 0.318 e. The maximum atomic E-state index is 13.5. The molecule has 34 heavy (non-hydrogen) atoms. The number of aromatic nitrogens is 3. The lowest BCUT2D eigenvalue weighted by Crippen LogP contribution is -2.42. The summed E-state index contributed by atoms with van der Waals surface area (Å²) in [5.41, 5.74) is 4.90. The molecule has 3 heterocycles. The Morgan fingerprint density at radius 3 is 2.71 bits per heavy atom. The molecule has 0 spiro atoms. The third-order valence-corrected chi connectivity index (χ3v) is 6.28. The van der Waals surface area contributed by atoms with E-state index >= 15 is 0 Å². The van der Waals surface area contributed by atoms with E-state index in [-0.39, 0.29) is 12.1 Å². The summed E-state index contributed by atoms with van der Waals surface area (Å²) in [6.07, 6.45) is 2.92. The first-order valence-corrected chi connectivity index (χ1v) is 11.6. The lowest BCUT2D eigenvalue weighted by Gasteiger charge is -2.31. The van der Waals surface area contributed by atoms with Crippen molar-refractivity contribution in [1.29, 1.82) is 0 Å². The van der Waals surface area contributed by atoms with E-state index in [2.05, 4.69) is 35.1 Å². The number of amides is 2. The Kier molecular flexibility index (Phi) is 5.84. The molecule has 0 saturated carbocycles. The highest BCUT2D eigenvalue weighted by Crippen LogP contribution is 2.39. The Hall–Kier alpha value is -4.00. The number of carbonyl (C=O) groups is 1. The van der Waals surface area contributed by atoms with E-state index in [0.717, 1.165) is 46.2 Å². The van der Waals surface area contributed by atoms with E-state index in [4.69, 9.17) is 9.84 Å². The van der Waals surface area contributed by atoms with Gasteiger partial charge in [0.15, 0.2) is 0 Å². The molecule has 174 valence electrons. The zero-order valence-electron chi connectivity index (χ0n) is 19.7. The van der Waals surface area contributed by atoms with Crippen molar-refractivity contribution in [2.45, 2.75) is 32.9 Å². The van der Waals surface area contributed by atoms with Gasteiger partial charge < -0.3 is 19.5 Å². The quantitative estimate of drug-likeness (QED) is 0.460. The molecule has 5 rings (SSSR count). The van der Waals surface area contributed by atoms with Crippen LogP contribution in [-0.2, 0) is 6.54 Å². The monoisotopic (exact) mass is 455 g/mol. The number of fused-ring (bicyclic) bond motifs is 3. The number of urea groups is 1. The summed E-state index contributed by atoms with van der Waals surface area (Å²) < 4.78 is 9.65. The summed E-state index contributed by atoms with van der Waals surface area (Å²) in [5.74, 6) is 1.72. The Morgan fingerprint density at radius 1 is 1.12 bits per heavy atom. The Labute approximate surface area is 199 Å². The highest BCUT2D eigenvalue weighted by atomic mass is 16.5. The first kappa shape index (κ1) is 21.8. The number of carbonyl (C=O) groups excluding carboxylic acids is 1. The summed E-state index contributed by atoms with van der Waals surface area (Å²) in [4.78, 5) is 15.4. The minimum Gasteiger partial charge on any atom is -0.497 e. The van der Waals surface area contributed by atoms with Gasteiger partial charge in [-0.3, -0.25) is 0 Å². The minimum atomic E-state index is -0.294. The standard InChI is InChI=1S/C27H29N5O2/c1-4-15-28-27(33)31-18-23-19(2)29-32(21-11-6-5-7-12-21)26(23)30-16-9-14-24(30)25(31)20-10-8-13-22(17-20)34-3/h5-14,16-17,25H,4,15,18H2,1-3H3,(H,28,33). The van der Waals surface area contributed by atoms with Crippen molar-refractivity contribution in [3.63, 3.8) is 0 Å². The molecule has 1 aliphatic rings. The van der Waals surface area contributed by atoms with Crippen molar-refractivity contribution in [3.05, 3.63) is 95.4 Å². The summed E-state index contributed by atoms with van der Waals surface area (Å²) in [6.45, 7) is 5.12. The average Bonchev–Trinajstić information content (AvgIpc) is 3.43. The molecule has 1 N–H and O–H groups in total. The van der Waals surface area contributed by atoms with Crippen molar-refractivity contribution in [3.8, 4) is 17.3 Å². The van der Waals surface area contributed by atoms with Gasteiger partial charge in [-0.1, -0.05) is 37.3 Å². The molecule has 7 heteroatoms. The fraction of sp³-hybridized carbons (Fsp3) is 0.259. The van der Waals surface area contributed by atoms with Crippen LogP contribution in [0.15, 0.2) is 72.9 Å². The van der Waals surface area contributed by atoms with E-state index in [1.807, 2.05) is 71.1 Å². The third-order valence-electron chi connectivity index (χ3n) is 6.28. The molecule has 1 unspecified atom stereocenters. The van der Waals surface area contributed by atoms with Crippen LogP contribution in [0.5, 0.6) is 5.75 Å². The van der Waals surface area contributed by atoms with Gasteiger partial charge in [-0.25, -0.2) is 9.48 Å². The van der Waals surface area contributed by atoms with Crippen LogP contribution >= 0.6 is 0 Å². The second kappa shape index (κ2) is 9.09. The summed E-state index contributed by atoms with van der Waals surface area (Å²) in [7, 11) is 1.66. The number of methoxy groups -OCH3 is 1. The van der Waals surface area contributed by atoms with E-state index in [0.29, 0.717) is 13.1 Å². The number of ether oxygens (including phenoxy) is 1. The number of benzene rings is 2. The minimum absolute atomic E-state index is 0.0952. The van der Waals surface area contributed by atoms with Crippen molar-refractivity contribution in [2.75, 3.05) is 13.7 Å². The van der Waals surface area contributed by atoms with Crippen LogP contribution in [0, 0.1) is 6.92 Å². The zero-order valence-corrected chi connectivity index (χ0v) is 19.7. The first-order valence-electron chi connectivity index (χ1n) is 11.6. The zero-order chi connectivity index (χ0) is 23.7. The van der Waals surface area contributed by atoms with Crippen molar-refractivity contribution in [1.82, 2.24) is 24.6 Å². The highest BCUT2D eigenvalue weighted by molar-refractivity contribution is 5.76. The number of para-hydroxylation sites is 1. The topological polar surface area (TPSA) is 64.3 Å². The van der Waals surface area contributed by atoms with Crippen LogP contribution in [0.1, 0.15) is 41.9 Å². The molecule has 0 saturated heterocycles. The van der Waals surface area contributed by atoms with Gasteiger partial charge >= 0.3 is 6.03 Å². The number of nitrogens with one attached hydrogen (secondary N) is 1. The molecular formula is C27H29N5O2. The van der Waals surface area contributed by atoms with Gasteiger partial charge in [-0.05, 0) is 55.3 Å². The number of hydrogen-bond acceptors (Lipinski definition) is 3. The second-order valence-electron chi connectivity index (χ2n) is 8.48. The maximum Gasteiger partial charge on any atom is 0.318 e. The highest BCUT2D eigenvalue weighted by Gasteiger charge is 2.36. The number of rotatable bonds is 5.